The summed E-state index contributed by atoms with van der Waals surface area (Å²) in [5, 5.41) is 12.2. The first-order chi connectivity index (χ1) is 9.08. The van der Waals surface area contributed by atoms with Crippen molar-refractivity contribution in [3.05, 3.63) is 59.0 Å². The number of aromatic carboxylic acids is 1. The van der Waals surface area contributed by atoms with E-state index in [0.29, 0.717) is 12.3 Å². The third-order valence-electron chi connectivity index (χ3n) is 3.12. The Kier molecular flexibility index (Phi) is 4.02. The lowest BCUT2D eigenvalue weighted by Crippen LogP contribution is -2.19. The predicted molar refractivity (Wildman–Crippen MR) is 72.1 cm³/mol. The summed E-state index contributed by atoms with van der Waals surface area (Å²) in [4.78, 5) is 10.9. The molecule has 0 aliphatic rings. The predicted octanol–water partition coefficient (Wildman–Crippen LogP) is 3.14. The van der Waals surface area contributed by atoms with E-state index in [-0.39, 0.29) is 11.6 Å². The fourth-order valence-electron chi connectivity index (χ4n) is 1.89. The van der Waals surface area contributed by atoms with Crippen LogP contribution in [0.4, 0.5) is 0 Å². The molecule has 1 unspecified atom stereocenters. The number of furan rings is 1. The van der Waals surface area contributed by atoms with Crippen LogP contribution in [0.5, 0.6) is 0 Å². The van der Waals surface area contributed by atoms with Crippen molar-refractivity contribution in [3.63, 3.8) is 0 Å². The SMILES string of the molecule is Cc1ccc(C(C)NCc2occc2C(=O)O)cc1. The summed E-state index contributed by atoms with van der Waals surface area (Å²) >= 11 is 0. The number of aryl methyl sites for hydroxylation is 1. The lowest BCUT2D eigenvalue weighted by Gasteiger charge is -2.13. The molecule has 1 aromatic heterocycles. The minimum absolute atomic E-state index is 0.132. The van der Waals surface area contributed by atoms with Gasteiger partial charge in [0.1, 0.15) is 11.3 Å². The minimum atomic E-state index is -0.964. The molecule has 1 atom stereocenters. The molecule has 0 radical (unpaired) electrons. The van der Waals surface area contributed by atoms with Crippen LogP contribution >= 0.6 is 0 Å². The Balaban J connectivity index is 2.00. The molecule has 4 nitrogen and oxygen atoms in total. The van der Waals surface area contributed by atoms with Crippen molar-refractivity contribution >= 4 is 5.97 Å². The zero-order chi connectivity index (χ0) is 13.8. The van der Waals surface area contributed by atoms with E-state index >= 15 is 0 Å². The molecule has 0 fully saturated rings. The van der Waals surface area contributed by atoms with Gasteiger partial charge >= 0.3 is 5.97 Å². The maximum absolute atomic E-state index is 10.9. The molecule has 1 aromatic carbocycles. The van der Waals surface area contributed by atoms with Crippen LogP contribution in [-0.4, -0.2) is 11.1 Å². The third kappa shape index (κ3) is 3.23. The number of nitrogens with one attached hydrogen (secondary N) is 1. The van der Waals surface area contributed by atoms with Gasteiger partial charge in [-0.1, -0.05) is 29.8 Å². The maximum atomic E-state index is 10.9. The molecule has 0 spiro atoms. The molecule has 2 N–H and O–H groups in total. The fourth-order valence-corrected chi connectivity index (χ4v) is 1.89. The van der Waals surface area contributed by atoms with Gasteiger partial charge in [0.25, 0.3) is 0 Å². The molecule has 100 valence electrons. The standard InChI is InChI=1S/C15H17NO3/c1-10-3-5-12(6-4-10)11(2)16-9-14-13(15(17)18)7-8-19-14/h3-8,11,16H,9H2,1-2H3,(H,17,18). The zero-order valence-electron chi connectivity index (χ0n) is 11.0. The molecule has 4 heteroatoms. The molecule has 0 bridgehead atoms. The van der Waals surface area contributed by atoms with Crippen molar-refractivity contribution in [1.29, 1.82) is 0 Å². The second-order valence-electron chi connectivity index (χ2n) is 4.58. The normalized spacial score (nSPS) is 12.3. The smallest absolute Gasteiger partial charge is 0.339 e. The topological polar surface area (TPSA) is 62.5 Å². The molecule has 0 aliphatic heterocycles. The van der Waals surface area contributed by atoms with Gasteiger partial charge in [-0.3, -0.25) is 0 Å². The van der Waals surface area contributed by atoms with Crippen LogP contribution in [0.2, 0.25) is 0 Å². The first kappa shape index (κ1) is 13.4. The summed E-state index contributed by atoms with van der Waals surface area (Å²) < 4.78 is 5.19. The molecule has 2 rings (SSSR count). The van der Waals surface area contributed by atoms with Gasteiger partial charge in [0.05, 0.1) is 12.8 Å². The van der Waals surface area contributed by atoms with E-state index in [1.807, 2.05) is 13.8 Å². The van der Waals surface area contributed by atoms with Crippen LogP contribution < -0.4 is 5.32 Å². The number of carboxylic acids is 1. The second kappa shape index (κ2) is 5.71. The maximum Gasteiger partial charge on any atom is 0.339 e. The quantitative estimate of drug-likeness (QED) is 0.866. The zero-order valence-corrected chi connectivity index (χ0v) is 11.0. The van der Waals surface area contributed by atoms with Crippen molar-refractivity contribution in [2.75, 3.05) is 0 Å². The Morgan fingerprint density at radius 3 is 2.63 bits per heavy atom. The van der Waals surface area contributed by atoms with Gasteiger partial charge < -0.3 is 14.8 Å². The second-order valence-corrected chi connectivity index (χ2v) is 4.58. The average molecular weight is 259 g/mol. The molecule has 0 saturated carbocycles. The van der Waals surface area contributed by atoms with E-state index in [9.17, 15) is 4.79 Å². The summed E-state index contributed by atoms with van der Waals surface area (Å²) in [6.45, 7) is 4.47. The summed E-state index contributed by atoms with van der Waals surface area (Å²) in [5.41, 5.74) is 2.59. The largest absolute Gasteiger partial charge is 0.478 e. The fraction of sp³-hybridized carbons (Fsp3) is 0.267. The number of hydrogen-bond acceptors (Lipinski definition) is 3. The summed E-state index contributed by atoms with van der Waals surface area (Å²) in [6.07, 6.45) is 1.40. The van der Waals surface area contributed by atoms with Crippen LogP contribution in [0.1, 0.15) is 40.2 Å². The first-order valence-corrected chi connectivity index (χ1v) is 6.17. The van der Waals surface area contributed by atoms with Crippen molar-refractivity contribution in [1.82, 2.24) is 5.32 Å². The molecule has 0 aliphatic carbocycles. The highest BCUT2D eigenvalue weighted by Gasteiger charge is 2.14. The highest BCUT2D eigenvalue weighted by Crippen LogP contribution is 2.16. The van der Waals surface area contributed by atoms with Gasteiger partial charge in [0.2, 0.25) is 0 Å². The lowest BCUT2D eigenvalue weighted by atomic mass is 10.1. The van der Waals surface area contributed by atoms with Crippen molar-refractivity contribution in [3.8, 4) is 0 Å². The highest BCUT2D eigenvalue weighted by atomic mass is 16.4. The molecule has 0 saturated heterocycles. The Hall–Kier alpha value is -2.07. The summed E-state index contributed by atoms with van der Waals surface area (Å²) in [6, 6.07) is 9.84. The number of carboxylic acid groups (broad SMARTS) is 1. The van der Waals surface area contributed by atoms with E-state index in [2.05, 4.69) is 29.6 Å². The van der Waals surface area contributed by atoms with E-state index < -0.39 is 5.97 Å². The molecule has 2 aromatic rings. The van der Waals surface area contributed by atoms with Gasteiger partial charge in [-0.25, -0.2) is 4.79 Å². The highest BCUT2D eigenvalue weighted by molar-refractivity contribution is 5.88. The van der Waals surface area contributed by atoms with E-state index in [4.69, 9.17) is 9.52 Å². The minimum Gasteiger partial charge on any atom is -0.478 e. The lowest BCUT2D eigenvalue weighted by molar-refractivity contribution is 0.0694. The van der Waals surface area contributed by atoms with Crippen molar-refractivity contribution in [2.24, 2.45) is 0 Å². The first-order valence-electron chi connectivity index (χ1n) is 6.17. The van der Waals surface area contributed by atoms with Crippen LogP contribution in [0.25, 0.3) is 0 Å². The monoisotopic (exact) mass is 259 g/mol. The molecule has 0 amide bonds. The summed E-state index contributed by atoms with van der Waals surface area (Å²) in [5.74, 6) is -0.514. The number of hydrogen-bond donors (Lipinski definition) is 2. The number of carbonyl (C=O) groups is 1. The van der Waals surface area contributed by atoms with Gasteiger partial charge in [0, 0.05) is 6.04 Å². The summed E-state index contributed by atoms with van der Waals surface area (Å²) in [7, 11) is 0. The molecular weight excluding hydrogens is 242 g/mol. The molecule has 1 heterocycles. The van der Waals surface area contributed by atoms with Gasteiger partial charge in [-0.05, 0) is 25.5 Å². The van der Waals surface area contributed by atoms with Crippen molar-refractivity contribution in [2.45, 2.75) is 26.4 Å². The third-order valence-corrected chi connectivity index (χ3v) is 3.12. The van der Waals surface area contributed by atoms with Crippen LogP contribution in [0, 0.1) is 6.92 Å². The Labute approximate surface area is 112 Å². The number of rotatable bonds is 5. The Bertz CT molecular complexity index is 557. The van der Waals surface area contributed by atoms with Crippen molar-refractivity contribution < 1.29 is 14.3 Å². The van der Waals surface area contributed by atoms with E-state index in [1.165, 1.54) is 17.9 Å². The van der Waals surface area contributed by atoms with Crippen LogP contribution in [-0.2, 0) is 6.54 Å². The number of benzene rings is 1. The van der Waals surface area contributed by atoms with Crippen LogP contribution in [0.15, 0.2) is 41.0 Å². The van der Waals surface area contributed by atoms with Gasteiger partial charge in [-0.2, -0.15) is 0 Å². The molecule has 19 heavy (non-hydrogen) atoms. The Morgan fingerprint density at radius 1 is 1.32 bits per heavy atom. The van der Waals surface area contributed by atoms with Gasteiger partial charge in [-0.15, -0.1) is 0 Å². The van der Waals surface area contributed by atoms with E-state index in [0.717, 1.165) is 5.56 Å². The Morgan fingerprint density at radius 2 is 2.00 bits per heavy atom. The van der Waals surface area contributed by atoms with E-state index in [1.54, 1.807) is 0 Å². The van der Waals surface area contributed by atoms with Crippen LogP contribution in [0.3, 0.4) is 0 Å². The van der Waals surface area contributed by atoms with Gasteiger partial charge in [0.15, 0.2) is 0 Å². The molecular formula is C15H17NO3. The average Bonchev–Trinajstić information content (AvgIpc) is 2.85.